The van der Waals surface area contributed by atoms with Gasteiger partial charge in [-0.2, -0.15) is 11.8 Å². The zero-order valence-corrected chi connectivity index (χ0v) is 14.9. The first kappa shape index (κ1) is 16.4. The second-order valence-corrected chi connectivity index (χ2v) is 9.11. The summed E-state index contributed by atoms with van der Waals surface area (Å²) in [5.41, 5.74) is 6.04. The third-order valence-electron chi connectivity index (χ3n) is 3.60. The Morgan fingerprint density at radius 3 is 2.65 bits per heavy atom. The van der Waals surface area contributed by atoms with Gasteiger partial charge in [0.25, 0.3) is 0 Å². The fraction of sp³-hybridized carbons (Fsp3) is 0.500. The lowest BCUT2D eigenvalue weighted by molar-refractivity contribution is 0.362. The van der Waals surface area contributed by atoms with Crippen molar-refractivity contribution in [2.24, 2.45) is 0 Å². The minimum absolute atomic E-state index is 0.0314. The van der Waals surface area contributed by atoms with Crippen LogP contribution in [0.3, 0.4) is 0 Å². The summed E-state index contributed by atoms with van der Waals surface area (Å²) in [7, 11) is -3.63. The molecule has 0 atom stereocenters. The SMILES string of the molecule is CSC1(CNS(=O)(=O)c2cc(Cl)cc(N)c2Br)CCC1. The van der Waals surface area contributed by atoms with Crippen molar-refractivity contribution in [1.29, 1.82) is 0 Å². The largest absolute Gasteiger partial charge is 0.398 e. The lowest BCUT2D eigenvalue weighted by atomic mass is 9.84. The monoisotopic (exact) mass is 398 g/mol. The lowest BCUT2D eigenvalue weighted by Crippen LogP contribution is -2.45. The normalized spacial score (nSPS) is 17.8. The van der Waals surface area contributed by atoms with Crippen molar-refractivity contribution in [3.63, 3.8) is 0 Å². The van der Waals surface area contributed by atoms with Gasteiger partial charge in [0.05, 0.1) is 9.37 Å². The second-order valence-electron chi connectivity index (χ2n) is 4.87. The van der Waals surface area contributed by atoms with Crippen molar-refractivity contribution in [2.75, 3.05) is 18.5 Å². The van der Waals surface area contributed by atoms with Gasteiger partial charge in [0.15, 0.2) is 0 Å². The fourth-order valence-corrected chi connectivity index (χ4v) is 5.53. The predicted octanol–water partition coefficient (Wildman–Crippen LogP) is 3.25. The maximum Gasteiger partial charge on any atom is 0.241 e. The molecule has 0 saturated heterocycles. The fourth-order valence-electron chi connectivity index (χ4n) is 2.11. The van der Waals surface area contributed by atoms with Gasteiger partial charge in [-0.15, -0.1) is 0 Å². The van der Waals surface area contributed by atoms with Gasteiger partial charge in [0.2, 0.25) is 10.0 Å². The summed E-state index contributed by atoms with van der Waals surface area (Å²) in [5.74, 6) is 0. The standard InChI is InChI=1S/C12H16BrClN2O2S2/c1-19-12(3-2-4-12)7-16-20(17,18)10-6-8(14)5-9(15)11(10)13/h5-6,16H,2-4,7,15H2,1H3. The molecule has 3 N–H and O–H groups in total. The van der Waals surface area contributed by atoms with Crippen molar-refractivity contribution in [1.82, 2.24) is 4.72 Å². The van der Waals surface area contributed by atoms with Crippen LogP contribution in [0.15, 0.2) is 21.5 Å². The zero-order valence-electron chi connectivity index (χ0n) is 10.9. The second kappa shape index (κ2) is 6.04. The van der Waals surface area contributed by atoms with Gasteiger partial charge >= 0.3 is 0 Å². The van der Waals surface area contributed by atoms with Crippen LogP contribution in [0, 0.1) is 0 Å². The van der Waals surface area contributed by atoms with Gasteiger partial charge < -0.3 is 5.73 Å². The molecule has 20 heavy (non-hydrogen) atoms. The smallest absolute Gasteiger partial charge is 0.241 e. The van der Waals surface area contributed by atoms with Crippen LogP contribution in [0.4, 0.5) is 5.69 Å². The number of hydrogen-bond donors (Lipinski definition) is 2. The highest BCUT2D eigenvalue weighted by molar-refractivity contribution is 9.10. The van der Waals surface area contributed by atoms with Crippen molar-refractivity contribution >= 4 is 55.0 Å². The predicted molar refractivity (Wildman–Crippen MR) is 88.8 cm³/mol. The molecule has 1 aliphatic carbocycles. The van der Waals surface area contributed by atoms with Crippen molar-refractivity contribution in [3.8, 4) is 0 Å². The molecule has 2 rings (SSSR count). The molecule has 0 heterocycles. The highest BCUT2D eigenvalue weighted by Crippen LogP contribution is 2.42. The maximum atomic E-state index is 12.4. The van der Waals surface area contributed by atoms with Gasteiger partial charge in [-0.3, -0.25) is 0 Å². The first-order valence-corrected chi connectivity index (χ1v) is 9.97. The molecule has 0 aliphatic heterocycles. The van der Waals surface area contributed by atoms with Gasteiger partial charge in [0, 0.05) is 22.0 Å². The van der Waals surface area contributed by atoms with E-state index in [1.165, 1.54) is 12.1 Å². The van der Waals surface area contributed by atoms with Crippen molar-refractivity contribution in [3.05, 3.63) is 21.6 Å². The van der Waals surface area contributed by atoms with Crippen LogP contribution >= 0.6 is 39.3 Å². The molecule has 4 nitrogen and oxygen atoms in total. The van der Waals surface area contributed by atoms with E-state index in [2.05, 4.69) is 20.7 Å². The summed E-state index contributed by atoms with van der Waals surface area (Å²) in [5, 5.41) is 0.300. The Kier molecular flexibility index (Phi) is 4.96. The molecular formula is C12H16BrClN2O2S2. The van der Waals surface area contributed by atoms with Crippen LogP contribution in [-0.4, -0.2) is 26.0 Å². The summed E-state index contributed by atoms with van der Waals surface area (Å²) in [6.45, 7) is 0.426. The molecule has 8 heteroatoms. The third kappa shape index (κ3) is 3.27. The van der Waals surface area contributed by atoms with E-state index in [-0.39, 0.29) is 9.64 Å². The number of nitrogen functional groups attached to an aromatic ring is 1. The average molecular weight is 400 g/mol. The van der Waals surface area contributed by atoms with Crippen LogP contribution in [0.5, 0.6) is 0 Å². The zero-order chi connectivity index (χ0) is 15.0. The van der Waals surface area contributed by atoms with E-state index in [1.807, 2.05) is 6.26 Å². The molecule has 1 fully saturated rings. The first-order chi connectivity index (χ1) is 9.30. The molecule has 0 spiro atoms. The highest BCUT2D eigenvalue weighted by atomic mass is 79.9. The lowest BCUT2D eigenvalue weighted by Gasteiger charge is -2.40. The Morgan fingerprint density at radius 1 is 1.50 bits per heavy atom. The minimum atomic E-state index is -3.63. The molecule has 1 aromatic carbocycles. The summed E-state index contributed by atoms with van der Waals surface area (Å²) < 4.78 is 27.8. The van der Waals surface area contributed by atoms with Gasteiger partial charge in [-0.05, 0) is 47.2 Å². The Bertz CT molecular complexity index is 613. The number of anilines is 1. The Balaban J connectivity index is 2.23. The highest BCUT2D eigenvalue weighted by Gasteiger charge is 2.37. The minimum Gasteiger partial charge on any atom is -0.398 e. The molecule has 1 aliphatic rings. The molecule has 112 valence electrons. The van der Waals surface area contributed by atoms with Crippen LogP contribution in [0.25, 0.3) is 0 Å². The number of thioether (sulfide) groups is 1. The summed E-state index contributed by atoms with van der Waals surface area (Å²) in [4.78, 5) is 0.0816. The Labute approximate surface area is 137 Å². The Hall–Kier alpha value is 0.0500. The van der Waals surface area contributed by atoms with Gasteiger partial charge in [-0.1, -0.05) is 18.0 Å². The van der Waals surface area contributed by atoms with Crippen LogP contribution < -0.4 is 10.5 Å². The van der Waals surface area contributed by atoms with Crippen molar-refractivity contribution < 1.29 is 8.42 Å². The number of hydrogen-bond acceptors (Lipinski definition) is 4. The van der Waals surface area contributed by atoms with Crippen LogP contribution in [0.1, 0.15) is 19.3 Å². The molecule has 0 radical (unpaired) electrons. The van der Waals surface area contributed by atoms with E-state index in [0.717, 1.165) is 19.3 Å². The molecule has 0 bridgehead atoms. The summed E-state index contributed by atoms with van der Waals surface area (Å²) in [6.07, 6.45) is 5.24. The van der Waals surface area contributed by atoms with Crippen molar-refractivity contribution in [2.45, 2.75) is 28.9 Å². The molecule has 1 aromatic rings. The number of rotatable bonds is 5. The van der Waals surface area contributed by atoms with Crippen LogP contribution in [0.2, 0.25) is 5.02 Å². The number of nitrogens with one attached hydrogen (secondary N) is 1. The van der Waals surface area contributed by atoms with Gasteiger partial charge in [0.1, 0.15) is 0 Å². The average Bonchev–Trinajstić information content (AvgIpc) is 2.32. The number of sulfonamides is 1. The number of halogens is 2. The molecule has 0 aromatic heterocycles. The van der Waals surface area contributed by atoms with E-state index in [0.29, 0.717) is 21.7 Å². The molecule has 1 saturated carbocycles. The van der Waals surface area contributed by atoms with Gasteiger partial charge in [-0.25, -0.2) is 13.1 Å². The number of nitrogens with two attached hydrogens (primary N) is 1. The van der Waals surface area contributed by atoms with E-state index in [4.69, 9.17) is 17.3 Å². The van der Waals surface area contributed by atoms with E-state index in [1.54, 1.807) is 11.8 Å². The van der Waals surface area contributed by atoms with Crippen LogP contribution in [-0.2, 0) is 10.0 Å². The molecule has 0 unspecified atom stereocenters. The van der Waals surface area contributed by atoms with E-state index >= 15 is 0 Å². The Morgan fingerprint density at radius 2 is 2.15 bits per heavy atom. The topological polar surface area (TPSA) is 72.2 Å². The van der Waals surface area contributed by atoms with E-state index in [9.17, 15) is 8.42 Å². The summed E-state index contributed by atoms with van der Waals surface area (Å²) in [6, 6.07) is 2.91. The van der Waals surface area contributed by atoms with E-state index < -0.39 is 10.0 Å². The maximum absolute atomic E-state index is 12.4. The summed E-state index contributed by atoms with van der Waals surface area (Å²) >= 11 is 10.8. The molecule has 0 amide bonds. The molecular weight excluding hydrogens is 384 g/mol. The first-order valence-electron chi connectivity index (χ1n) is 6.09. The third-order valence-corrected chi connectivity index (χ3v) is 7.81. The quantitative estimate of drug-likeness (QED) is 0.746. The number of benzene rings is 1.